The van der Waals surface area contributed by atoms with E-state index in [0.717, 1.165) is 83.2 Å². The van der Waals surface area contributed by atoms with Gasteiger partial charge in [0.05, 0.1) is 22.2 Å². The molecule has 0 saturated carbocycles. The zero-order valence-electron chi connectivity index (χ0n) is 34.1. The maximum absolute atomic E-state index is 5.27. The first-order valence-corrected chi connectivity index (χ1v) is 21.2. The van der Waals surface area contributed by atoms with Crippen LogP contribution in [0, 0.1) is 0 Å². The van der Waals surface area contributed by atoms with Gasteiger partial charge in [-0.1, -0.05) is 170 Å². The molecule has 0 aliphatic heterocycles. The largest absolute Gasteiger partial charge is 0.309 e. The van der Waals surface area contributed by atoms with Crippen molar-refractivity contribution < 1.29 is 0 Å². The number of para-hydroxylation sites is 2. The van der Waals surface area contributed by atoms with E-state index in [9.17, 15) is 0 Å². The van der Waals surface area contributed by atoms with E-state index < -0.39 is 0 Å². The molecule has 5 heteroatoms. The highest BCUT2D eigenvalue weighted by atomic mass is 15.0. The van der Waals surface area contributed by atoms with Gasteiger partial charge in [-0.05, 0) is 82.2 Å². The Hall–Kier alpha value is -8.54. The van der Waals surface area contributed by atoms with E-state index in [1.807, 2.05) is 60.7 Å². The molecule has 0 aliphatic rings. The summed E-state index contributed by atoms with van der Waals surface area (Å²) in [6.07, 6.45) is 0. The molecular weight excluding hydrogens is 767 g/mol. The highest BCUT2D eigenvalue weighted by Crippen LogP contribution is 2.41. The zero-order valence-corrected chi connectivity index (χ0v) is 34.1. The molecule has 0 N–H and O–H groups in total. The lowest BCUT2D eigenvalue weighted by atomic mass is 9.96. The average molecular weight is 804 g/mol. The summed E-state index contributed by atoms with van der Waals surface area (Å²) < 4.78 is 2.40. The van der Waals surface area contributed by atoms with Crippen LogP contribution in [0.1, 0.15) is 0 Å². The van der Waals surface area contributed by atoms with Gasteiger partial charge in [0, 0.05) is 49.5 Å². The molecule has 0 bridgehead atoms. The first kappa shape index (κ1) is 36.3. The molecule has 0 radical (unpaired) electrons. The number of aromatic nitrogens is 5. The van der Waals surface area contributed by atoms with Gasteiger partial charge >= 0.3 is 0 Å². The second-order valence-electron chi connectivity index (χ2n) is 15.9. The number of benzene rings is 9. The zero-order chi connectivity index (χ0) is 41.7. The lowest BCUT2D eigenvalue weighted by Crippen LogP contribution is -2.00. The number of rotatable bonds is 7. The predicted octanol–water partition coefficient (Wildman–Crippen LogP) is 14.7. The van der Waals surface area contributed by atoms with Crippen LogP contribution in [0.3, 0.4) is 0 Å². The average Bonchev–Trinajstić information content (AvgIpc) is 3.69. The van der Waals surface area contributed by atoms with Crippen LogP contribution < -0.4 is 0 Å². The van der Waals surface area contributed by atoms with Crippen molar-refractivity contribution in [3.8, 4) is 73.4 Å². The third-order valence-corrected chi connectivity index (χ3v) is 12.0. The van der Waals surface area contributed by atoms with Crippen molar-refractivity contribution in [2.45, 2.75) is 0 Å². The summed E-state index contributed by atoms with van der Waals surface area (Å²) in [5, 5.41) is 5.84. The third-order valence-electron chi connectivity index (χ3n) is 12.0. The van der Waals surface area contributed by atoms with Crippen LogP contribution in [0.5, 0.6) is 0 Å². The minimum atomic E-state index is 0.632. The molecule has 0 spiro atoms. The van der Waals surface area contributed by atoms with Gasteiger partial charge in [-0.3, -0.25) is 0 Å². The topological polar surface area (TPSA) is 56.5 Å². The molecule has 3 heterocycles. The number of hydrogen-bond donors (Lipinski definition) is 0. The minimum Gasteiger partial charge on any atom is -0.309 e. The maximum Gasteiger partial charge on any atom is 0.164 e. The third kappa shape index (κ3) is 6.51. The molecule has 0 fully saturated rings. The van der Waals surface area contributed by atoms with Crippen LogP contribution in [0.15, 0.2) is 224 Å². The number of fused-ring (bicyclic) bond motifs is 6. The van der Waals surface area contributed by atoms with Crippen LogP contribution in [0.2, 0.25) is 0 Å². The second kappa shape index (κ2) is 15.2. The normalized spacial score (nSPS) is 11.5. The molecule has 5 nitrogen and oxygen atoms in total. The molecule has 0 aliphatic carbocycles. The Kier molecular flexibility index (Phi) is 8.75. The first-order chi connectivity index (χ1) is 31.2. The molecule has 63 heavy (non-hydrogen) atoms. The monoisotopic (exact) mass is 803 g/mol. The smallest absolute Gasteiger partial charge is 0.164 e. The molecule has 0 saturated heterocycles. The highest BCUT2D eigenvalue weighted by Gasteiger charge is 2.19. The summed E-state index contributed by atoms with van der Waals surface area (Å²) in [7, 11) is 0. The molecule has 0 unspecified atom stereocenters. The van der Waals surface area contributed by atoms with Gasteiger partial charge < -0.3 is 4.57 Å². The Balaban J connectivity index is 1.00. The fourth-order valence-corrected chi connectivity index (χ4v) is 8.97. The Morgan fingerprint density at radius 3 is 1.37 bits per heavy atom. The SMILES string of the molecule is c1ccc(-c2nc(-c3ccccc3)nc(-c3cccc(-c4cccc(-c5ccc6c(c5)c5cc7c(-c8ccccc8)nc8ccccc8c7cc5n6-c5ccccc5)c4)c3)n2)cc1. The van der Waals surface area contributed by atoms with Gasteiger partial charge in [0.2, 0.25) is 0 Å². The van der Waals surface area contributed by atoms with Crippen LogP contribution in [0.4, 0.5) is 0 Å². The van der Waals surface area contributed by atoms with Crippen molar-refractivity contribution in [1.29, 1.82) is 0 Å². The standard InChI is InChI=1S/C58H37N5/c1-5-17-38(18-6-1)55-51-36-50-49-35-44(31-32-53(49)63(46-27-11-4-12-28-46)54(50)37-48(51)47-29-13-14-30-52(47)59-55)42-24-15-23-41(33-42)43-25-16-26-45(34-43)58-61-56(39-19-7-2-8-20-39)60-57(62-58)40-21-9-3-10-22-40/h1-37H. The summed E-state index contributed by atoms with van der Waals surface area (Å²) >= 11 is 0. The van der Waals surface area contributed by atoms with Crippen molar-refractivity contribution in [2.75, 3.05) is 0 Å². The number of nitrogens with zero attached hydrogens (tertiary/aromatic N) is 5. The van der Waals surface area contributed by atoms with Crippen LogP contribution in [-0.2, 0) is 0 Å². The molecule has 12 aromatic rings. The van der Waals surface area contributed by atoms with E-state index in [-0.39, 0.29) is 0 Å². The van der Waals surface area contributed by atoms with E-state index in [0.29, 0.717) is 17.5 Å². The Bertz CT molecular complexity index is 3600. The molecule has 0 atom stereocenters. The van der Waals surface area contributed by atoms with E-state index in [4.69, 9.17) is 19.9 Å². The molecule has 3 aromatic heterocycles. The van der Waals surface area contributed by atoms with Gasteiger partial charge in [-0.15, -0.1) is 0 Å². The number of pyridine rings is 1. The predicted molar refractivity (Wildman–Crippen MR) is 260 cm³/mol. The quantitative estimate of drug-likeness (QED) is 0.151. The van der Waals surface area contributed by atoms with Crippen molar-refractivity contribution in [2.24, 2.45) is 0 Å². The first-order valence-electron chi connectivity index (χ1n) is 21.2. The summed E-state index contributed by atoms with van der Waals surface area (Å²) in [4.78, 5) is 20.2. The van der Waals surface area contributed by atoms with E-state index in [1.165, 1.54) is 16.2 Å². The highest BCUT2D eigenvalue weighted by molar-refractivity contribution is 6.20. The Morgan fingerprint density at radius 2 is 0.730 bits per heavy atom. The van der Waals surface area contributed by atoms with Gasteiger partial charge in [-0.2, -0.15) is 0 Å². The molecule has 0 amide bonds. The summed E-state index contributed by atoms with van der Waals surface area (Å²) in [6.45, 7) is 0. The van der Waals surface area contributed by atoms with Gasteiger partial charge in [0.25, 0.3) is 0 Å². The summed E-state index contributed by atoms with van der Waals surface area (Å²) in [5.74, 6) is 1.92. The van der Waals surface area contributed by atoms with Gasteiger partial charge in [-0.25, -0.2) is 19.9 Å². The van der Waals surface area contributed by atoms with Crippen molar-refractivity contribution in [1.82, 2.24) is 24.5 Å². The van der Waals surface area contributed by atoms with Crippen molar-refractivity contribution in [3.05, 3.63) is 224 Å². The molecule has 294 valence electrons. The van der Waals surface area contributed by atoms with Crippen LogP contribution in [0.25, 0.3) is 117 Å². The van der Waals surface area contributed by atoms with E-state index in [2.05, 4.69) is 168 Å². The Morgan fingerprint density at radius 1 is 0.254 bits per heavy atom. The van der Waals surface area contributed by atoms with Crippen molar-refractivity contribution >= 4 is 43.5 Å². The minimum absolute atomic E-state index is 0.632. The second-order valence-corrected chi connectivity index (χ2v) is 15.9. The molecule has 9 aromatic carbocycles. The van der Waals surface area contributed by atoms with Crippen LogP contribution >= 0.6 is 0 Å². The van der Waals surface area contributed by atoms with Crippen molar-refractivity contribution in [3.63, 3.8) is 0 Å². The van der Waals surface area contributed by atoms with E-state index >= 15 is 0 Å². The lowest BCUT2D eigenvalue weighted by molar-refractivity contribution is 1.07. The van der Waals surface area contributed by atoms with Gasteiger partial charge in [0.1, 0.15) is 0 Å². The fourth-order valence-electron chi connectivity index (χ4n) is 8.97. The fraction of sp³-hybridized carbons (Fsp3) is 0. The number of hydrogen-bond acceptors (Lipinski definition) is 4. The lowest BCUT2D eigenvalue weighted by Gasteiger charge is -2.12. The van der Waals surface area contributed by atoms with Gasteiger partial charge in [0.15, 0.2) is 17.5 Å². The Labute approximate surface area is 364 Å². The summed E-state index contributed by atoms with van der Waals surface area (Å²) in [5.41, 5.74) is 13.8. The summed E-state index contributed by atoms with van der Waals surface area (Å²) in [6, 6.07) is 78.9. The maximum atomic E-state index is 5.27. The molecule has 12 rings (SSSR count). The van der Waals surface area contributed by atoms with Crippen LogP contribution in [-0.4, -0.2) is 24.5 Å². The van der Waals surface area contributed by atoms with E-state index in [1.54, 1.807) is 0 Å². The molecular formula is C58H37N5.